The molecule has 1 fully saturated rings. The van der Waals surface area contributed by atoms with Gasteiger partial charge >= 0.3 is 0 Å². The van der Waals surface area contributed by atoms with E-state index in [1.807, 2.05) is 0 Å². The highest BCUT2D eigenvalue weighted by Gasteiger charge is 2.35. The Bertz CT molecular complexity index is 200. The average molecular weight is 273 g/mol. The molecule has 0 radical (unpaired) electrons. The summed E-state index contributed by atoms with van der Waals surface area (Å²) in [5.74, 6) is 2.79. The van der Waals surface area contributed by atoms with Crippen LogP contribution >= 0.6 is 11.6 Å². The molecule has 0 aromatic heterocycles. The van der Waals surface area contributed by atoms with Gasteiger partial charge in [0.1, 0.15) is 0 Å². The van der Waals surface area contributed by atoms with Gasteiger partial charge in [0, 0.05) is 5.88 Å². The summed E-state index contributed by atoms with van der Waals surface area (Å²) in [7, 11) is 0. The van der Waals surface area contributed by atoms with Crippen molar-refractivity contribution in [1.82, 2.24) is 0 Å². The molecule has 1 heteroatoms. The first-order valence-electron chi connectivity index (χ1n) is 8.25. The monoisotopic (exact) mass is 272 g/mol. The molecule has 1 aliphatic rings. The van der Waals surface area contributed by atoms with Crippen LogP contribution in [0.25, 0.3) is 0 Å². The van der Waals surface area contributed by atoms with Crippen LogP contribution in [0.1, 0.15) is 85.0 Å². The first-order valence-corrected chi connectivity index (χ1v) is 8.79. The van der Waals surface area contributed by atoms with Gasteiger partial charge in [-0.05, 0) is 49.4 Å². The summed E-state index contributed by atoms with van der Waals surface area (Å²) in [5, 5.41) is 0. The predicted octanol–water partition coefficient (Wildman–Crippen LogP) is 6.42. The molecule has 0 spiro atoms. The maximum absolute atomic E-state index is 6.35. The van der Waals surface area contributed by atoms with E-state index in [2.05, 4.69) is 20.8 Å². The van der Waals surface area contributed by atoms with Crippen molar-refractivity contribution in [3.05, 3.63) is 0 Å². The second-order valence-corrected chi connectivity index (χ2v) is 6.87. The minimum absolute atomic E-state index is 0.487. The topological polar surface area (TPSA) is 0 Å². The number of rotatable bonds is 8. The molecule has 0 atom stereocenters. The largest absolute Gasteiger partial charge is 0.126 e. The molecule has 0 saturated heterocycles. The highest BCUT2D eigenvalue weighted by atomic mass is 35.5. The SMILES string of the molecule is CCCCC1CCC(CCl)(CC(CC)CC)CC1. The molecule has 1 rings (SSSR count). The fourth-order valence-corrected chi connectivity index (χ4v) is 4.03. The predicted molar refractivity (Wildman–Crippen MR) is 83.3 cm³/mol. The zero-order chi connectivity index (χ0) is 13.4. The quantitative estimate of drug-likeness (QED) is 0.447. The van der Waals surface area contributed by atoms with Gasteiger partial charge in [0.2, 0.25) is 0 Å². The molecule has 1 aliphatic carbocycles. The molecule has 0 heterocycles. The summed E-state index contributed by atoms with van der Waals surface area (Å²) in [4.78, 5) is 0. The van der Waals surface area contributed by atoms with Gasteiger partial charge in [-0.25, -0.2) is 0 Å². The highest BCUT2D eigenvalue weighted by molar-refractivity contribution is 6.18. The molecular formula is C17H33Cl. The van der Waals surface area contributed by atoms with E-state index in [0.717, 1.165) is 17.7 Å². The lowest BCUT2D eigenvalue weighted by Crippen LogP contribution is -2.31. The molecule has 0 amide bonds. The maximum atomic E-state index is 6.35. The van der Waals surface area contributed by atoms with Gasteiger partial charge in [-0.1, -0.05) is 52.9 Å². The minimum Gasteiger partial charge on any atom is -0.126 e. The van der Waals surface area contributed by atoms with Gasteiger partial charge < -0.3 is 0 Å². The lowest BCUT2D eigenvalue weighted by atomic mass is 9.66. The normalized spacial score (nSPS) is 28.8. The van der Waals surface area contributed by atoms with Crippen LogP contribution in [0.2, 0.25) is 0 Å². The summed E-state index contributed by atoms with van der Waals surface area (Å²) in [5.41, 5.74) is 0.487. The standard InChI is InChI=1S/C17H33Cl/c1-4-7-8-16-9-11-17(14-18,12-10-16)13-15(5-2)6-3/h15-16H,4-14H2,1-3H3. The van der Waals surface area contributed by atoms with Gasteiger partial charge in [0.25, 0.3) is 0 Å². The Morgan fingerprint density at radius 1 is 1.11 bits per heavy atom. The van der Waals surface area contributed by atoms with Crippen molar-refractivity contribution in [2.45, 2.75) is 85.0 Å². The Morgan fingerprint density at radius 3 is 2.17 bits per heavy atom. The van der Waals surface area contributed by atoms with Crippen molar-refractivity contribution in [2.24, 2.45) is 17.3 Å². The van der Waals surface area contributed by atoms with Crippen molar-refractivity contribution in [3.63, 3.8) is 0 Å². The van der Waals surface area contributed by atoms with E-state index in [1.165, 1.54) is 64.2 Å². The molecule has 18 heavy (non-hydrogen) atoms. The van der Waals surface area contributed by atoms with E-state index in [0.29, 0.717) is 5.41 Å². The van der Waals surface area contributed by atoms with Crippen molar-refractivity contribution in [3.8, 4) is 0 Å². The lowest BCUT2D eigenvalue weighted by Gasteiger charge is -2.41. The summed E-state index contributed by atoms with van der Waals surface area (Å²) < 4.78 is 0. The van der Waals surface area contributed by atoms with Crippen LogP contribution in [0.5, 0.6) is 0 Å². The molecule has 0 bridgehead atoms. The van der Waals surface area contributed by atoms with Gasteiger partial charge in [-0.15, -0.1) is 11.6 Å². The molecule has 0 aliphatic heterocycles. The van der Waals surface area contributed by atoms with Crippen LogP contribution in [-0.4, -0.2) is 5.88 Å². The van der Waals surface area contributed by atoms with Gasteiger partial charge in [-0.3, -0.25) is 0 Å². The van der Waals surface area contributed by atoms with Gasteiger partial charge in [0.05, 0.1) is 0 Å². The van der Waals surface area contributed by atoms with Crippen LogP contribution < -0.4 is 0 Å². The second-order valence-electron chi connectivity index (χ2n) is 6.61. The summed E-state index contributed by atoms with van der Waals surface area (Å²) >= 11 is 6.35. The lowest BCUT2D eigenvalue weighted by molar-refractivity contribution is 0.128. The zero-order valence-corrected chi connectivity index (χ0v) is 13.6. The Balaban J connectivity index is 2.43. The van der Waals surface area contributed by atoms with E-state index in [-0.39, 0.29) is 0 Å². The summed E-state index contributed by atoms with van der Waals surface area (Å²) in [6.07, 6.45) is 13.9. The molecule has 0 N–H and O–H groups in total. The van der Waals surface area contributed by atoms with Crippen LogP contribution in [0.4, 0.5) is 0 Å². The van der Waals surface area contributed by atoms with Crippen LogP contribution in [0, 0.1) is 17.3 Å². The fraction of sp³-hybridized carbons (Fsp3) is 1.00. The molecule has 0 nitrogen and oxygen atoms in total. The smallest absolute Gasteiger partial charge is 0.0280 e. The molecule has 0 unspecified atom stereocenters. The maximum Gasteiger partial charge on any atom is 0.0280 e. The van der Waals surface area contributed by atoms with E-state index in [4.69, 9.17) is 11.6 Å². The summed E-state index contributed by atoms with van der Waals surface area (Å²) in [6, 6.07) is 0. The fourth-order valence-electron chi connectivity index (χ4n) is 3.65. The number of alkyl halides is 1. The zero-order valence-electron chi connectivity index (χ0n) is 12.8. The van der Waals surface area contributed by atoms with E-state index in [9.17, 15) is 0 Å². The Kier molecular flexibility index (Phi) is 7.68. The Hall–Kier alpha value is 0.290. The number of hydrogen-bond donors (Lipinski definition) is 0. The second kappa shape index (κ2) is 8.46. The molecular weight excluding hydrogens is 240 g/mol. The molecule has 1 saturated carbocycles. The van der Waals surface area contributed by atoms with Crippen molar-refractivity contribution >= 4 is 11.6 Å². The third kappa shape index (κ3) is 4.76. The van der Waals surface area contributed by atoms with Gasteiger partial charge in [-0.2, -0.15) is 0 Å². The minimum atomic E-state index is 0.487. The Morgan fingerprint density at radius 2 is 1.72 bits per heavy atom. The Labute approximate surface area is 120 Å². The number of hydrogen-bond acceptors (Lipinski definition) is 0. The van der Waals surface area contributed by atoms with Crippen molar-refractivity contribution in [2.75, 3.05) is 5.88 Å². The van der Waals surface area contributed by atoms with Crippen LogP contribution in [0.3, 0.4) is 0 Å². The number of halogens is 1. The van der Waals surface area contributed by atoms with Crippen molar-refractivity contribution < 1.29 is 0 Å². The van der Waals surface area contributed by atoms with E-state index in [1.54, 1.807) is 0 Å². The molecule has 0 aromatic rings. The molecule has 108 valence electrons. The highest BCUT2D eigenvalue weighted by Crippen LogP contribution is 2.46. The first-order chi connectivity index (χ1) is 8.69. The van der Waals surface area contributed by atoms with E-state index < -0.39 is 0 Å². The van der Waals surface area contributed by atoms with E-state index >= 15 is 0 Å². The van der Waals surface area contributed by atoms with Crippen LogP contribution in [-0.2, 0) is 0 Å². The first kappa shape index (κ1) is 16.3. The van der Waals surface area contributed by atoms with Crippen molar-refractivity contribution in [1.29, 1.82) is 0 Å². The molecule has 0 aromatic carbocycles. The average Bonchev–Trinajstić information content (AvgIpc) is 2.44. The number of unbranched alkanes of at least 4 members (excludes halogenated alkanes) is 1. The van der Waals surface area contributed by atoms with Crippen LogP contribution in [0.15, 0.2) is 0 Å². The third-order valence-corrected chi connectivity index (χ3v) is 5.86. The third-order valence-electron chi connectivity index (χ3n) is 5.29. The van der Waals surface area contributed by atoms with Gasteiger partial charge in [0.15, 0.2) is 0 Å². The summed E-state index contributed by atoms with van der Waals surface area (Å²) in [6.45, 7) is 6.98.